The van der Waals surface area contributed by atoms with E-state index in [0.717, 1.165) is 12.8 Å². The molecule has 8 heteroatoms. The Hall–Kier alpha value is -3.16. The molecule has 0 bridgehead atoms. The third-order valence-electron chi connectivity index (χ3n) is 5.34. The monoisotopic (exact) mass is 384 g/mol. The van der Waals surface area contributed by atoms with E-state index in [1.807, 2.05) is 6.92 Å². The Morgan fingerprint density at radius 2 is 2.11 bits per heavy atom. The van der Waals surface area contributed by atoms with Gasteiger partial charge in [-0.05, 0) is 31.9 Å². The summed E-state index contributed by atoms with van der Waals surface area (Å²) in [4.78, 5) is 31.6. The molecule has 0 saturated carbocycles. The Labute approximate surface area is 161 Å². The van der Waals surface area contributed by atoms with Gasteiger partial charge in [0.25, 0.3) is 11.5 Å². The smallest absolute Gasteiger partial charge is 0.294 e. The van der Waals surface area contributed by atoms with Crippen LogP contribution in [0.5, 0.6) is 5.75 Å². The number of aromatic nitrogens is 3. The lowest BCUT2D eigenvalue weighted by Gasteiger charge is -2.19. The largest absolute Gasteiger partial charge is 0.497 e. The van der Waals surface area contributed by atoms with Gasteiger partial charge in [-0.3, -0.25) is 14.0 Å². The van der Waals surface area contributed by atoms with Gasteiger partial charge in [0, 0.05) is 43.7 Å². The van der Waals surface area contributed by atoms with E-state index in [4.69, 9.17) is 4.74 Å². The van der Waals surface area contributed by atoms with Crippen molar-refractivity contribution in [3.05, 3.63) is 52.5 Å². The number of likely N-dealkylation sites (tertiary alicyclic amines) is 1. The lowest BCUT2D eigenvalue weighted by molar-refractivity contribution is 0.0742. The molecule has 1 amide bonds. The second-order valence-corrected chi connectivity index (χ2v) is 7.07. The quantitative estimate of drug-likeness (QED) is 0.696. The highest BCUT2D eigenvalue weighted by atomic mass is 19.1. The molecule has 0 unspecified atom stereocenters. The summed E-state index contributed by atoms with van der Waals surface area (Å²) in [6, 6.07) is 4.61. The second kappa shape index (κ2) is 6.78. The van der Waals surface area contributed by atoms with Crippen molar-refractivity contribution >= 4 is 11.6 Å². The molecule has 7 nitrogen and oxygen atoms in total. The van der Waals surface area contributed by atoms with Gasteiger partial charge < -0.3 is 14.2 Å². The first kappa shape index (κ1) is 18.2. The summed E-state index contributed by atoms with van der Waals surface area (Å²) in [5.74, 6) is -0.300. The molecular weight excluding hydrogens is 363 g/mol. The number of hydrogen-bond donors (Lipinski definition) is 0. The van der Waals surface area contributed by atoms with Gasteiger partial charge in [0.15, 0.2) is 0 Å². The standard InChI is InChI=1S/C20H21FN4O3/c1-12-5-4-8-25(12)19(26)16-10-24-11-17(23(2)20(27)18(24)22-16)14-7-6-13(28-3)9-15(14)21/h6-7,9-12H,4-5,8H2,1-3H3/t12-/m1/s1. The number of imidazole rings is 1. The van der Waals surface area contributed by atoms with E-state index in [1.165, 1.54) is 28.3 Å². The first-order valence-electron chi connectivity index (χ1n) is 9.14. The molecule has 28 heavy (non-hydrogen) atoms. The molecule has 4 rings (SSSR count). The minimum atomic E-state index is -0.504. The Morgan fingerprint density at radius 1 is 1.32 bits per heavy atom. The number of halogens is 1. The van der Waals surface area contributed by atoms with Gasteiger partial charge in [-0.25, -0.2) is 9.37 Å². The number of nitrogens with zero attached hydrogens (tertiary/aromatic N) is 4. The molecule has 1 saturated heterocycles. The molecule has 2 aromatic heterocycles. The van der Waals surface area contributed by atoms with E-state index in [0.29, 0.717) is 18.0 Å². The summed E-state index contributed by atoms with van der Waals surface area (Å²) < 4.78 is 22.4. The van der Waals surface area contributed by atoms with Crippen LogP contribution in [0, 0.1) is 5.82 Å². The Kier molecular flexibility index (Phi) is 4.41. The zero-order valence-electron chi connectivity index (χ0n) is 16.0. The molecule has 3 heterocycles. The first-order valence-corrected chi connectivity index (χ1v) is 9.14. The van der Waals surface area contributed by atoms with Gasteiger partial charge >= 0.3 is 0 Å². The van der Waals surface area contributed by atoms with E-state index in [9.17, 15) is 14.0 Å². The highest BCUT2D eigenvalue weighted by Gasteiger charge is 2.28. The van der Waals surface area contributed by atoms with Crippen molar-refractivity contribution in [2.45, 2.75) is 25.8 Å². The zero-order chi connectivity index (χ0) is 20.0. The van der Waals surface area contributed by atoms with Crippen LogP contribution < -0.4 is 10.3 Å². The molecule has 1 atom stereocenters. The predicted molar refractivity (Wildman–Crippen MR) is 102 cm³/mol. The summed E-state index contributed by atoms with van der Waals surface area (Å²) in [5.41, 5.74) is 0.593. The molecule has 1 fully saturated rings. The molecule has 0 spiro atoms. The summed E-state index contributed by atoms with van der Waals surface area (Å²) in [7, 11) is 3.02. The summed E-state index contributed by atoms with van der Waals surface area (Å²) in [5, 5.41) is 0. The second-order valence-electron chi connectivity index (χ2n) is 7.07. The van der Waals surface area contributed by atoms with Gasteiger partial charge in [0.1, 0.15) is 17.3 Å². The molecular formula is C20H21FN4O3. The fourth-order valence-corrected chi connectivity index (χ4v) is 3.69. The van der Waals surface area contributed by atoms with E-state index >= 15 is 0 Å². The molecule has 146 valence electrons. The van der Waals surface area contributed by atoms with Crippen molar-refractivity contribution in [2.24, 2.45) is 7.05 Å². The molecule has 0 aliphatic carbocycles. The van der Waals surface area contributed by atoms with E-state index < -0.39 is 11.4 Å². The molecule has 1 aliphatic heterocycles. The van der Waals surface area contributed by atoms with Crippen molar-refractivity contribution in [3.63, 3.8) is 0 Å². The number of amides is 1. The Bertz CT molecular complexity index is 1130. The number of fused-ring (bicyclic) bond motifs is 1. The van der Waals surface area contributed by atoms with Crippen LogP contribution in [-0.2, 0) is 7.05 Å². The molecule has 1 aromatic carbocycles. The highest BCUT2D eigenvalue weighted by Crippen LogP contribution is 2.26. The minimum absolute atomic E-state index is 0.135. The first-order chi connectivity index (χ1) is 13.4. The average Bonchev–Trinajstić information content (AvgIpc) is 3.30. The van der Waals surface area contributed by atoms with Gasteiger partial charge in [0.2, 0.25) is 5.65 Å². The van der Waals surface area contributed by atoms with Crippen LogP contribution in [0.15, 0.2) is 35.4 Å². The van der Waals surface area contributed by atoms with Crippen LogP contribution in [0.4, 0.5) is 4.39 Å². The van der Waals surface area contributed by atoms with Crippen molar-refractivity contribution in [3.8, 4) is 17.0 Å². The van der Waals surface area contributed by atoms with Gasteiger partial charge in [-0.15, -0.1) is 0 Å². The Morgan fingerprint density at radius 3 is 2.75 bits per heavy atom. The highest BCUT2D eigenvalue weighted by molar-refractivity contribution is 5.93. The van der Waals surface area contributed by atoms with Crippen LogP contribution in [0.3, 0.4) is 0 Å². The fraction of sp³-hybridized carbons (Fsp3) is 0.350. The van der Waals surface area contributed by atoms with Crippen molar-refractivity contribution in [1.29, 1.82) is 0 Å². The number of benzene rings is 1. The molecule has 0 radical (unpaired) electrons. The molecule has 1 aliphatic rings. The van der Waals surface area contributed by atoms with Crippen LogP contribution in [0.25, 0.3) is 16.9 Å². The third-order valence-corrected chi connectivity index (χ3v) is 5.34. The Balaban J connectivity index is 1.82. The van der Waals surface area contributed by atoms with Gasteiger partial charge in [-0.2, -0.15) is 0 Å². The maximum atomic E-state index is 14.5. The number of hydrogen-bond acceptors (Lipinski definition) is 4. The number of rotatable bonds is 3. The number of ether oxygens (including phenoxy) is 1. The van der Waals surface area contributed by atoms with Gasteiger partial charge in [0.05, 0.1) is 12.8 Å². The van der Waals surface area contributed by atoms with Crippen LogP contribution >= 0.6 is 0 Å². The third kappa shape index (κ3) is 2.85. The lowest BCUT2D eigenvalue weighted by atomic mass is 10.1. The minimum Gasteiger partial charge on any atom is -0.497 e. The summed E-state index contributed by atoms with van der Waals surface area (Å²) >= 11 is 0. The number of methoxy groups -OCH3 is 1. The zero-order valence-corrected chi connectivity index (χ0v) is 16.0. The van der Waals surface area contributed by atoms with Crippen LogP contribution in [0.2, 0.25) is 0 Å². The van der Waals surface area contributed by atoms with Crippen molar-refractivity contribution in [2.75, 3.05) is 13.7 Å². The van der Waals surface area contributed by atoms with E-state index in [-0.39, 0.29) is 28.9 Å². The van der Waals surface area contributed by atoms with Crippen molar-refractivity contribution < 1.29 is 13.9 Å². The molecule has 0 N–H and O–H groups in total. The van der Waals surface area contributed by atoms with E-state index in [2.05, 4.69) is 4.98 Å². The van der Waals surface area contributed by atoms with E-state index in [1.54, 1.807) is 30.3 Å². The topological polar surface area (TPSA) is 68.8 Å². The maximum Gasteiger partial charge on any atom is 0.294 e. The SMILES string of the molecule is COc1ccc(-c2cn3cc(C(=O)N4CCC[C@H]4C)nc3c(=O)n2C)c(F)c1. The van der Waals surface area contributed by atoms with Crippen LogP contribution in [0.1, 0.15) is 30.3 Å². The fourth-order valence-electron chi connectivity index (χ4n) is 3.69. The number of carbonyl (C=O) groups excluding carboxylic acids is 1. The summed E-state index contributed by atoms with van der Waals surface area (Å²) in [6.45, 7) is 2.69. The number of carbonyl (C=O) groups is 1. The van der Waals surface area contributed by atoms with Gasteiger partial charge in [-0.1, -0.05) is 0 Å². The average molecular weight is 384 g/mol. The lowest BCUT2D eigenvalue weighted by Crippen LogP contribution is -2.33. The maximum absolute atomic E-state index is 14.5. The van der Waals surface area contributed by atoms with Crippen molar-refractivity contribution in [1.82, 2.24) is 18.9 Å². The normalized spacial score (nSPS) is 16.7. The predicted octanol–water partition coefficient (Wildman–Crippen LogP) is 2.47. The summed E-state index contributed by atoms with van der Waals surface area (Å²) in [6.07, 6.45) is 5.07. The van der Waals surface area contributed by atoms with Crippen LogP contribution in [-0.4, -0.2) is 44.5 Å². The molecule has 3 aromatic rings.